The van der Waals surface area contributed by atoms with E-state index in [4.69, 9.17) is 9.47 Å². The van der Waals surface area contributed by atoms with Crippen molar-refractivity contribution < 1.29 is 23.9 Å². The summed E-state index contributed by atoms with van der Waals surface area (Å²) >= 11 is 0. The van der Waals surface area contributed by atoms with Crippen LogP contribution < -0.4 is 15.4 Å². The number of ether oxygens (including phenoxy) is 2. The zero-order valence-corrected chi connectivity index (χ0v) is 14.1. The minimum absolute atomic E-state index is 0.112. The molecular weight excluding hydrogens is 324 g/mol. The number of esters is 1. The van der Waals surface area contributed by atoms with Gasteiger partial charge in [0.25, 0.3) is 5.91 Å². The molecule has 0 saturated heterocycles. The molecule has 0 heterocycles. The van der Waals surface area contributed by atoms with Gasteiger partial charge in [-0.1, -0.05) is 25.0 Å². The standard InChI is InChI=1S/C18H22N2O5/c1-24-15-8-4-5-13(11-15)9-10-17(22)25-12-16(21)20-18(23)19-14-6-2-3-7-14/h4-5,8-11,14H,2-3,6-7,12H2,1H3,(H2,19,20,21,23). The van der Waals surface area contributed by atoms with E-state index in [1.165, 1.54) is 6.08 Å². The average Bonchev–Trinajstić information content (AvgIpc) is 3.11. The minimum atomic E-state index is -0.672. The molecule has 1 aliphatic rings. The highest BCUT2D eigenvalue weighted by Gasteiger charge is 2.18. The predicted molar refractivity (Wildman–Crippen MR) is 91.9 cm³/mol. The molecule has 1 aromatic carbocycles. The molecule has 1 aliphatic carbocycles. The summed E-state index contributed by atoms with van der Waals surface area (Å²) < 4.78 is 9.89. The van der Waals surface area contributed by atoms with Crippen molar-refractivity contribution in [1.82, 2.24) is 10.6 Å². The zero-order valence-electron chi connectivity index (χ0n) is 14.1. The Hall–Kier alpha value is -2.83. The molecule has 1 saturated carbocycles. The number of nitrogens with one attached hydrogen (secondary N) is 2. The van der Waals surface area contributed by atoms with Gasteiger partial charge in [-0.25, -0.2) is 9.59 Å². The van der Waals surface area contributed by atoms with Crippen LogP contribution in [0.15, 0.2) is 30.3 Å². The minimum Gasteiger partial charge on any atom is -0.497 e. The number of hydrogen-bond acceptors (Lipinski definition) is 5. The van der Waals surface area contributed by atoms with E-state index in [1.807, 2.05) is 0 Å². The summed E-state index contributed by atoms with van der Waals surface area (Å²) in [5.74, 6) is -0.670. The van der Waals surface area contributed by atoms with Crippen LogP contribution in [0.1, 0.15) is 31.2 Å². The van der Waals surface area contributed by atoms with Crippen molar-refractivity contribution in [3.8, 4) is 5.75 Å². The average molecular weight is 346 g/mol. The number of carbonyl (C=O) groups is 3. The first kappa shape index (κ1) is 18.5. The topological polar surface area (TPSA) is 93.7 Å². The van der Waals surface area contributed by atoms with Crippen LogP contribution in [0.4, 0.5) is 4.79 Å². The van der Waals surface area contributed by atoms with Crippen LogP contribution in [0, 0.1) is 0 Å². The van der Waals surface area contributed by atoms with E-state index in [2.05, 4.69) is 10.6 Å². The second-order valence-electron chi connectivity index (χ2n) is 5.72. The van der Waals surface area contributed by atoms with Crippen LogP contribution in [-0.2, 0) is 14.3 Å². The van der Waals surface area contributed by atoms with Crippen molar-refractivity contribution >= 4 is 24.0 Å². The summed E-state index contributed by atoms with van der Waals surface area (Å²) in [5, 5.41) is 4.86. The van der Waals surface area contributed by atoms with Gasteiger partial charge in [0, 0.05) is 12.1 Å². The number of benzene rings is 1. The zero-order chi connectivity index (χ0) is 18.1. The quantitative estimate of drug-likeness (QED) is 0.607. The molecule has 7 heteroatoms. The van der Waals surface area contributed by atoms with Crippen molar-refractivity contribution in [3.63, 3.8) is 0 Å². The van der Waals surface area contributed by atoms with Gasteiger partial charge in [-0.3, -0.25) is 10.1 Å². The van der Waals surface area contributed by atoms with Gasteiger partial charge >= 0.3 is 12.0 Å². The molecule has 0 atom stereocenters. The number of amides is 3. The van der Waals surface area contributed by atoms with E-state index in [0.717, 1.165) is 31.2 Å². The van der Waals surface area contributed by atoms with Crippen LogP contribution in [0.2, 0.25) is 0 Å². The van der Waals surface area contributed by atoms with Gasteiger partial charge in [0.15, 0.2) is 6.61 Å². The van der Waals surface area contributed by atoms with E-state index in [0.29, 0.717) is 5.75 Å². The van der Waals surface area contributed by atoms with Crippen molar-refractivity contribution in [3.05, 3.63) is 35.9 Å². The molecule has 0 radical (unpaired) electrons. The second kappa shape index (κ2) is 9.46. The third kappa shape index (κ3) is 6.66. The SMILES string of the molecule is COc1cccc(C=CC(=O)OCC(=O)NC(=O)NC2CCCC2)c1. The van der Waals surface area contributed by atoms with Crippen molar-refractivity contribution in [2.45, 2.75) is 31.7 Å². The number of urea groups is 1. The van der Waals surface area contributed by atoms with Crippen LogP contribution in [0.5, 0.6) is 5.75 Å². The van der Waals surface area contributed by atoms with Crippen LogP contribution in [0.25, 0.3) is 6.08 Å². The molecule has 1 aromatic rings. The highest BCUT2D eigenvalue weighted by atomic mass is 16.5. The highest BCUT2D eigenvalue weighted by Crippen LogP contribution is 2.17. The molecule has 0 unspecified atom stereocenters. The van der Waals surface area contributed by atoms with Crippen molar-refractivity contribution in [2.24, 2.45) is 0 Å². The number of rotatable bonds is 6. The normalized spacial score (nSPS) is 14.3. The molecule has 3 amide bonds. The van der Waals surface area contributed by atoms with E-state index in [-0.39, 0.29) is 6.04 Å². The lowest BCUT2D eigenvalue weighted by Crippen LogP contribution is -2.44. The highest BCUT2D eigenvalue weighted by molar-refractivity contribution is 5.96. The van der Waals surface area contributed by atoms with Crippen molar-refractivity contribution in [1.29, 1.82) is 0 Å². The van der Waals surface area contributed by atoms with Gasteiger partial charge in [-0.2, -0.15) is 0 Å². The molecule has 1 fully saturated rings. The van der Waals surface area contributed by atoms with Crippen LogP contribution in [0.3, 0.4) is 0 Å². The number of imide groups is 1. The van der Waals surface area contributed by atoms with Gasteiger partial charge in [0.05, 0.1) is 7.11 Å². The fourth-order valence-electron chi connectivity index (χ4n) is 2.55. The fourth-order valence-corrected chi connectivity index (χ4v) is 2.55. The molecule has 134 valence electrons. The molecular formula is C18H22N2O5. The lowest BCUT2D eigenvalue weighted by Gasteiger charge is -2.12. The number of hydrogen-bond donors (Lipinski definition) is 2. The Kier molecular flexibility index (Phi) is 7.00. The maximum Gasteiger partial charge on any atom is 0.331 e. The van der Waals surface area contributed by atoms with Gasteiger partial charge in [-0.15, -0.1) is 0 Å². The Morgan fingerprint density at radius 2 is 2.00 bits per heavy atom. The molecule has 0 aromatic heterocycles. The molecule has 2 N–H and O–H groups in total. The Morgan fingerprint density at radius 3 is 2.72 bits per heavy atom. The third-order valence-corrected chi connectivity index (χ3v) is 3.79. The molecule has 2 rings (SSSR count). The monoisotopic (exact) mass is 346 g/mol. The summed E-state index contributed by atoms with van der Waals surface area (Å²) in [4.78, 5) is 34.8. The Labute approximate surface area is 146 Å². The Balaban J connectivity index is 1.70. The lowest BCUT2D eigenvalue weighted by molar-refractivity contribution is -0.143. The van der Waals surface area contributed by atoms with Gasteiger partial charge in [0.2, 0.25) is 0 Å². The van der Waals surface area contributed by atoms with E-state index in [1.54, 1.807) is 37.5 Å². The van der Waals surface area contributed by atoms with Crippen molar-refractivity contribution in [2.75, 3.05) is 13.7 Å². The number of methoxy groups -OCH3 is 1. The van der Waals surface area contributed by atoms with Crippen LogP contribution >= 0.6 is 0 Å². The first-order chi connectivity index (χ1) is 12.1. The first-order valence-corrected chi connectivity index (χ1v) is 8.16. The van der Waals surface area contributed by atoms with Gasteiger partial charge in [0.1, 0.15) is 5.75 Å². The largest absolute Gasteiger partial charge is 0.497 e. The fraction of sp³-hybridized carbons (Fsp3) is 0.389. The lowest BCUT2D eigenvalue weighted by atomic mass is 10.2. The Morgan fingerprint density at radius 1 is 1.24 bits per heavy atom. The summed E-state index contributed by atoms with van der Waals surface area (Å²) in [6, 6.07) is 6.69. The van der Waals surface area contributed by atoms with Gasteiger partial charge < -0.3 is 14.8 Å². The van der Waals surface area contributed by atoms with E-state index >= 15 is 0 Å². The molecule has 0 spiro atoms. The number of carbonyl (C=O) groups excluding carboxylic acids is 3. The molecule has 7 nitrogen and oxygen atoms in total. The molecule has 25 heavy (non-hydrogen) atoms. The third-order valence-electron chi connectivity index (χ3n) is 3.79. The summed E-state index contributed by atoms with van der Waals surface area (Å²) in [7, 11) is 1.55. The van der Waals surface area contributed by atoms with Gasteiger partial charge in [-0.05, 0) is 36.6 Å². The van der Waals surface area contributed by atoms with Crippen LogP contribution in [-0.4, -0.2) is 37.7 Å². The summed E-state index contributed by atoms with van der Waals surface area (Å²) in [5.41, 5.74) is 0.761. The smallest absolute Gasteiger partial charge is 0.331 e. The molecule has 0 aliphatic heterocycles. The van der Waals surface area contributed by atoms with E-state index in [9.17, 15) is 14.4 Å². The molecule has 0 bridgehead atoms. The maximum absolute atomic E-state index is 11.6. The maximum atomic E-state index is 11.6. The second-order valence-corrected chi connectivity index (χ2v) is 5.72. The van der Waals surface area contributed by atoms with E-state index < -0.39 is 24.5 Å². The summed E-state index contributed by atoms with van der Waals surface area (Å²) in [6.45, 7) is -0.515. The predicted octanol–water partition coefficient (Wildman–Crippen LogP) is 2.02. The first-order valence-electron chi connectivity index (χ1n) is 8.16. The summed E-state index contributed by atoms with van der Waals surface area (Å²) in [6.07, 6.45) is 6.76. The Bertz CT molecular complexity index is 651.